The summed E-state index contributed by atoms with van der Waals surface area (Å²) in [6.45, 7) is 0. The molecule has 0 aliphatic heterocycles. The van der Waals surface area contributed by atoms with Crippen molar-refractivity contribution >= 4 is 21.9 Å². The first kappa shape index (κ1) is 18.5. The number of fused-ring (bicyclic) bond motifs is 3. The quantitative estimate of drug-likeness (QED) is 0.428. The highest BCUT2D eigenvalue weighted by atomic mass is 16.5. The highest BCUT2D eigenvalue weighted by Crippen LogP contribution is 2.29. The zero-order valence-corrected chi connectivity index (χ0v) is 16.9. The molecule has 0 unspecified atom stereocenters. The van der Waals surface area contributed by atoms with Gasteiger partial charge in [-0.15, -0.1) is 4.99 Å². The summed E-state index contributed by atoms with van der Waals surface area (Å²) in [5.74, 6) is 0.509. The molecule has 5 rings (SSSR count). The zero-order valence-electron chi connectivity index (χ0n) is 16.9. The Hall–Kier alpha value is -4.51. The molecule has 5 aromatic rings. The predicted molar refractivity (Wildman–Crippen MR) is 116 cm³/mol. The Morgan fingerprint density at radius 1 is 1.00 bits per heavy atom. The average molecular weight is 407 g/mol. The van der Waals surface area contributed by atoms with Crippen molar-refractivity contribution in [1.82, 2.24) is 24.1 Å². The van der Waals surface area contributed by atoms with Crippen molar-refractivity contribution < 1.29 is 4.74 Å². The first-order valence-electron chi connectivity index (χ1n) is 9.55. The summed E-state index contributed by atoms with van der Waals surface area (Å²) >= 11 is 0. The van der Waals surface area contributed by atoms with E-state index in [1.807, 2.05) is 52.7 Å². The van der Waals surface area contributed by atoms with Crippen molar-refractivity contribution in [3.63, 3.8) is 0 Å². The van der Waals surface area contributed by atoms with Crippen molar-refractivity contribution in [2.75, 3.05) is 7.11 Å². The Bertz CT molecular complexity index is 1520. The topological polar surface area (TPSA) is 93.9 Å². The molecular formula is C23H17N7O. The van der Waals surface area contributed by atoms with Crippen molar-refractivity contribution in [2.45, 2.75) is 0 Å². The Kier molecular flexibility index (Phi) is 4.41. The number of hydrogen-bond acceptors (Lipinski definition) is 6. The standard InChI is InChI=1S/C23H17N7O/c1-29-20-13-26-19-5-3-16(15-7-9-25-10-8-15)11-18(19)22(20)30(23(29)28-14-24)17-4-6-21(31-2)27-12-17/h3-13H,1-2H3. The van der Waals surface area contributed by atoms with E-state index in [0.29, 0.717) is 11.5 Å². The van der Waals surface area contributed by atoms with Crippen LogP contribution < -0.4 is 10.4 Å². The number of methoxy groups -OCH3 is 1. The molecule has 0 aliphatic rings. The second-order valence-electron chi connectivity index (χ2n) is 6.92. The maximum absolute atomic E-state index is 9.33. The minimum absolute atomic E-state index is 0.480. The maximum Gasteiger partial charge on any atom is 0.226 e. The molecule has 4 aromatic heterocycles. The van der Waals surface area contributed by atoms with Gasteiger partial charge in [0.1, 0.15) is 0 Å². The molecule has 4 heterocycles. The summed E-state index contributed by atoms with van der Waals surface area (Å²) in [5, 5.41) is 10.3. The number of imidazole rings is 1. The van der Waals surface area contributed by atoms with Crippen LogP contribution in [-0.2, 0) is 7.05 Å². The van der Waals surface area contributed by atoms with Crippen LogP contribution in [0.25, 0.3) is 38.8 Å². The van der Waals surface area contributed by atoms with Crippen LogP contribution in [-0.4, -0.2) is 31.2 Å². The van der Waals surface area contributed by atoms with Gasteiger partial charge in [-0.2, -0.15) is 5.26 Å². The van der Waals surface area contributed by atoms with Gasteiger partial charge < -0.3 is 9.30 Å². The molecule has 8 nitrogen and oxygen atoms in total. The molecule has 150 valence electrons. The lowest BCUT2D eigenvalue weighted by Gasteiger charge is -2.09. The van der Waals surface area contributed by atoms with Gasteiger partial charge in [-0.3, -0.25) is 14.5 Å². The minimum Gasteiger partial charge on any atom is -0.481 e. The molecule has 0 spiro atoms. The van der Waals surface area contributed by atoms with E-state index in [2.05, 4.69) is 26.0 Å². The van der Waals surface area contributed by atoms with E-state index in [-0.39, 0.29) is 0 Å². The highest BCUT2D eigenvalue weighted by Gasteiger charge is 2.16. The van der Waals surface area contributed by atoms with Gasteiger partial charge in [0, 0.05) is 30.9 Å². The third-order valence-electron chi connectivity index (χ3n) is 5.26. The lowest BCUT2D eigenvalue weighted by Crippen LogP contribution is -2.22. The Balaban J connectivity index is 1.91. The molecule has 8 heteroatoms. The normalized spacial score (nSPS) is 11.7. The number of aromatic nitrogens is 5. The van der Waals surface area contributed by atoms with Crippen LogP contribution in [0.3, 0.4) is 0 Å². The molecule has 0 amide bonds. The fourth-order valence-corrected chi connectivity index (χ4v) is 3.77. The van der Waals surface area contributed by atoms with Crippen molar-refractivity contribution in [1.29, 1.82) is 5.26 Å². The largest absolute Gasteiger partial charge is 0.481 e. The van der Waals surface area contributed by atoms with Gasteiger partial charge in [-0.1, -0.05) is 6.07 Å². The summed E-state index contributed by atoms with van der Waals surface area (Å²) in [4.78, 5) is 17.2. The summed E-state index contributed by atoms with van der Waals surface area (Å²) in [6.07, 6.45) is 8.96. The molecule has 0 atom stereocenters. The number of hydrogen-bond donors (Lipinski definition) is 0. The van der Waals surface area contributed by atoms with Gasteiger partial charge in [0.15, 0.2) is 0 Å². The molecule has 0 saturated carbocycles. The van der Waals surface area contributed by atoms with E-state index in [1.165, 1.54) is 0 Å². The van der Waals surface area contributed by atoms with Gasteiger partial charge >= 0.3 is 0 Å². The SMILES string of the molecule is COc1ccc(-n2c(=NC#N)n(C)c3cnc4ccc(-c5ccncc5)cc4c32)cn1. The Labute approximate surface area is 177 Å². The van der Waals surface area contributed by atoms with Crippen LogP contribution in [0.15, 0.2) is 72.2 Å². The number of pyridine rings is 3. The molecule has 0 bridgehead atoms. The van der Waals surface area contributed by atoms with Crippen LogP contribution in [0.1, 0.15) is 0 Å². The van der Waals surface area contributed by atoms with Gasteiger partial charge in [-0.25, -0.2) is 4.98 Å². The van der Waals surface area contributed by atoms with Crippen LogP contribution >= 0.6 is 0 Å². The molecule has 0 radical (unpaired) electrons. The lowest BCUT2D eigenvalue weighted by atomic mass is 10.0. The number of ether oxygens (including phenoxy) is 1. The predicted octanol–water partition coefficient (Wildman–Crippen LogP) is 3.36. The third-order valence-corrected chi connectivity index (χ3v) is 5.26. The zero-order chi connectivity index (χ0) is 21.4. The number of nitrogens with zero attached hydrogens (tertiary/aromatic N) is 7. The molecular weight excluding hydrogens is 390 g/mol. The van der Waals surface area contributed by atoms with Crippen LogP contribution in [0, 0.1) is 11.5 Å². The first-order chi connectivity index (χ1) is 15.2. The third kappa shape index (κ3) is 3.00. The van der Waals surface area contributed by atoms with E-state index < -0.39 is 0 Å². The van der Waals surface area contributed by atoms with Gasteiger partial charge in [0.25, 0.3) is 0 Å². The molecule has 0 N–H and O–H groups in total. The summed E-state index contributed by atoms with van der Waals surface area (Å²) in [7, 11) is 3.44. The molecule has 0 saturated heterocycles. The van der Waals surface area contributed by atoms with Crippen LogP contribution in [0.4, 0.5) is 0 Å². The van der Waals surface area contributed by atoms with Crippen molar-refractivity contribution in [3.05, 3.63) is 72.9 Å². The molecule has 31 heavy (non-hydrogen) atoms. The summed E-state index contributed by atoms with van der Waals surface area (Å²) in [6, 6.07) is 13.7. The Morgan fingerprint density at radius 2 is 1.84 bits per heavy atom. The minimum atomic E-state index is 0.480. The van der Waals surface area contributed by atoms with Gasteiger partial charge in [0.2, 0.25) is 17.7 Å². The average Bonchev–Trinajstić information content (AvgIpc) is 3.11. The number of nitriles is 1. The van der Waals surface area contributed by atoms with Gasteiger partial charge in [0.05, 0.1) is 41.7 Å². The van der Waals surface area contributed by atoms with E-state index in [0.717, 1.165) is 38.8 Å². The number of benzene rings is 1. The van der Waals surface area contributed by atoms with E-state index in [4.69, 9.17) is 4.74 Å². The molecule has 0 fully saturated rings. The lowest BCUT2D eigenvalue weighted by molar-refractivity contribution is 0.398. The van der Waals surface area contributed by atoms with Crippen molar-refractivity contribution in [2.24, 2.45) is 12.0 Å². The van der Waals surface area contributed by atoms with Crippen LogP contribution in [0.2, 0.25) is 0 Å². The van der Waals surface area contributed by atoms with E-state index in [9.17, 15) is 5.26 Å². The van der Waals surface area contributed by atoms with Crippen LogP contribution in [0.5, 0.6) is 5.88 Å². The fourth-order valence-electron chi connectivity index (χ4n) is 3.77. The summed E-state index contributed by atoms with van der Waals surface area (Å²) in [5.41, 5.74) is 5.94. The smallest absolute Gasteiger partial charge is 0.226 e. The van der Waals surface area contributed by atoms with E-state index in [1.54, 1.807) is 38.0 Å². The van der Waals surface area contributed by atoms with Gasteiger partial charge in [-0.05, 0) is 41.5 Å². The second-order valence-corrected chi connectivity index (χ2v) is 6.92. The summed E-state index contributed by atoms with van der Waals surface area (Å²) < 4.78 is 8.97. The number of rotatable bonds is 3. The maximum atomic E-state index is 9.33. The Morgan fingerprint density at radius 3 is 2.55 bits per heavy atom. The molecule has 1 aromatic carbocycles. The molecule has 0 aliphatic carbocycles. The fraction of sp³-hybridized carbons (Fsp3) is 0.0870. The monoisotopic (exact) mass is 407 g/mol. The second kappa shape index (κ2) is 7.39. The first-order valence-corrected chi connectivity index (χ1v) is 9.55. The highest BCUT2D eigenvalue weighted by molar-refractivity contribution is 6.04. The van der Waals surface area contributed by atoms with E-state index >= 15 is 0 Å². The van der Waals surface area contributed by atoms with Crippen molar-refractivity contribution in [3.8, 4) is 28.9 Å². The number of aryl methyl sites for hydroxylation is 1.